The second kappa shape index (κ2) is 3.29. The molecule has 10 heavy (non-hydrogen) atoms. The summed E-state index contributed by atoms with van der Waals surface area (Å²) >= 11 is 1.95. The van der Waals surface area contributed by atoms with E-state index in [9.17, 15) is 0 Å². The smallest absolute Gasteiger partial charge is 0.0257 e. The normalized spacial score (nSPS) is 26.4. The van der Waals surface area contributed by atoms with E-state index in [1.165, 1.54) is 24.0 Å². The maximum absolute atomic E-state index is 3.95. The van der Waals surface area contributed by atoms with Crippen molar-refractivity contribution in [2.75, 3.05) is 6.26 Å². The summed E-state index contributed by atoms with van der Waals surface area (Å²) in [6.45, 7) is 6.15. The third-order valence-electron chi connectivity index (χ3n) is 1.95. The Bertz CT molecular complexity index is 168. The maximum atomic E-state index is 3.95. The summed E-state index contributed by atoms with van der Waals surface area (Å²) in [4.78, 5) is 0. The molecule has 0 amide bonds. The van der Waals surface area contributed by atoms with Gasteiger partial charge in [-0.1, -0.05) is 23.8 Å². The Hall–Kier alpha value is -0.170. The first-order valence-electron chi connectivity index (χ1n) is 3.63. The predicted octanol–water partition coefficient (Wildman–Crippen LogP) is 3.01. The third kappa shape index (κ3) is 1.66. The van der Waals surface area contributed by atoms with Crippen LogP contribution in [0.1, 0.15) is 19.8 Å². The molecule has 0 aromatic heterocycles. The van der Waals surface area contributed by atoms with E-state index in [0.29, 0.717) is 0 Å². The van der Waals surface area contributed by atoms with Crippen molar-refractivity contribution >= 4 is 11.8 Å². The molecule has 0 aliphatic heterocycles. The van der Waals surface area contributed by atoms with Crippen LogP contribution >= 0.6 is 11.8 Å². The van der Waals surface area contributed by atoms with Gasteiger partial charge in [0.25, 0.3) is 0 Å². The summed E-state index contributed by atoms with van der Waals surface area (Å²) in [5.41, 5.74) is 2.78. The molecule has 0 saturated heterocycles. The fourth-order valence-electron chi connectivity index (χ4n) is 1.33. The molecule has 0 fully saturated rings. The van der Waals surface area contributed by atoms with E-state index in [2.05, 4.69) is 25.8 Å². The lowest BCUT2D eigenvalue weighted by molar-refractivity contribution is 0.802. The van der Waals surface area contributed by atoms with Gasteiger partial charge in [0.2, 0.25) is 0 Å². The number of allylic oxidation sites excluding steroid dienone is 2. The first kappa shape index (κ1) is 7.93. The molecule has 1 aliphatic carbocycles. The van der Waals surface area contributed by atoms with Crippen LogP contribution < -0.4 is 0 Å². The van der Waals surface area contributed by atoms with Crippen LogP contribution in [-0.2, 0) is 0 Å². The average molecular weight is 154 g/mol. The van der Waals surface area contributed by atoms with Crippen molar-refractivity contribution in [2.24, 2.45) is 0 Å². The highest BCUT2D eigenvalue weighted by Crippen LogP contribution is 2.28. The van der Waals surface area contributed by atoms with E-state index in [4.69, 9.17) is 0 Å². The third-order valence-corrected chi connectivity index (χ3v) is 3.13. The van der Waals surface area contributed by atoms with Crippen molar-refractivity contribution in [1.82, 2.24) is 0 Å². The summed E-state index contributed by atoms with van der Waals surface area (Å²) < 4.78 is 0. The minimum absolute atomic E-state index is 0.755. The van der Waals surface area contributed by atoms with Crippen molar-refractivity contribution in [3.05, 3.63) is 23.8 Å². The van der Waals surface area contributed by atoms with Gasteiger partial charge in [-0.15, -0.1) is 0 Å². The van der Waals surface area contributed by atoms with E-state index in [1.54, 1.807) is 0 Å². The number of hydrogen-bond acceptors (Lipinski definition) is 1. The van der Waals surface area contributed by atoms with Gasteiger partial charge in [-0.05, 0) is 26.0 Å². The lowest BCUT2D eigenvalue weighted by atomic mass is 9.97. The molecule has 0 heterocycles. The summed E-state index contributed by atoms with van der Waals surface area (Å²) in [6, 6.07) is 0. The van der Waals surface area contributed by atoms with Crippen LogP contribution in [0.3, 0.4) is 0 Å². The number of rotatable bonds is 1. The van der Waals surface area contributed by atoms with Crippen molar-refractivity contribution in [1.29, 1.82) is 0 Å². The van der Waals surface area contributed by atoms with Crippen molar-refractivity contribution < 1.29 is 0 Å². The monoisotopic (exact) mass is 154 g/mol. The van der Waals surface area contributed by atoms with Crippen LogP contribution in [-0.4, -0.2) is 11.5 Å². The fourth-order valence-corrected chi connectivity index (χ4v) is 2.13. The predicted molar refractivity (Wildman–Crippen MR) is 49.4 cm³/mol. The number of hydrogen-bond donors (Lipinski definition) is 0. The average Bonchev–Trinajstić information content (AvgIpc) is 1.88. The second-order valence-electron chi connectivity index (χ2n) is 2.81. The zero-order valence-corrected chi connectivity index (χ0v) is 7.50. The van der Waals surface area contributed by atoms with Crippen LogP contribution in [0.2, 0.25) is 0 Å². The van der Waals surface area contributed by atoms with E-state index in [0.717, 1.165) is 5.25 Å². The van der Waals surface area contributed by atoms with Crippen molar-refractivity contribution in [3.8, 4) is 0 Å². The molecule has 1 heteroatoms. The molecule has 1 aliphatic rings. The molecule has 0 aromatic carbocycles. The molecule has 0 radical (unpaired) electrons. The summed E-state index contributed by atoms with van der Waals surface area (Å²) in [6.07, 6.45) is 6.87. The van der Waals surface area contributed by atoms with Gasteiger partial charge in [0.15, 0.2) is 0 Å². The zero-order valence-electron chi connectivity index (χ0n) is 6.68. The topological polar surface area (TPSA) is 0 Å². The Morgan fingerprint density at radius 3 is 2.90 bits per heavy atom. The first-order valence-corrected chi connectivity index (χ1v) is 4.91. The van der Waals surface area contributed by atoms with E-state index in [1.807, 2.05) is 11.8 Å². The first-order chi connectivity index (χ1) is 4.74. The standard InChI is InChI=1S/C9H14S/c1-7-4-5-9(10-3)8(2)6-7/h6,9H,1,4-5H2,2-3H3. The van der Waals surface area contributed by atoms with Crippen LogP contribution in [0.5, 0.6) is 0 Å². The van der Waals surface area contributed by atoms with Crippen molar-refractivity contribution in [2.45, 2.75) is 25.0 Å². The van der Waals surface area contributed by atoms with Crippen molar-refractivity contribution in [3.63, 3.8) is 0 Å². The van der Waals surface area contributed by atoms with Crippen LogP contribution in [0.15, 0.2) is 23.8 Å². The molecule has 0 aromatic rings. The molecule has 0 bridgehead atoms. The maximum Gasteiger partial charge on any atom is 0.0257 e. The summed E-state index contributed by atoms with van der Waals surface area (Å²) in [7, 11) is 0. The molecule has 1 atom stereocenters. The highest BCUT2D eigenvalue weighted by Gasteiger charge is 2.13. The minimum Gasteiger partial charge on any atom is -0.158 e. The van der Waals surface area contributed by atoms with Gasteiger partial charge >= 0.3 is 0 Å². The van der Waals surface area contributed by atoms with Gasteiger partial charge in [0.1, 0.15) is 0 Å². The molecule has 1 rings (SSSR count). The Labute approximate surface area is 67.4 Å². The Kier molecular flexibility index (Phi) is 2.61. The highest BCUT2D eigenvalue weighted by atomic mass is 32.2. The lowest BCUT2D eigenvalue weighted by Gasteiger charge is -2.20. The summed E-state index contributed by atoms with van der Waals surface area (Å²) in [5, 5.41) is 0.755. The Morgan fingerprint density at radius 2 is 2.40 bits per heavy atom. The second-order valence-corrected chi connectivity index (χ2v) is 3.85. The summed E-state index contributed by atoms with van der Waals surface area (Å²) in [5.74, 6) is 0. The van der Waals surface area contributed by atoms with E-state index >= 15 is 0 Å². The molecule has 0 spiro atoms. The molecule has 1 unspecified atom stereocenters. The quantitative estimate of drug-likeness (QED) is 0.559. The van der Waals surface area contributed by atoms with Gasteiger partial charge in [-0.25, -0.2) is 0 Å². The van der Waals surface area contributed by atoms with Gasteiger partial charge in [0.05, 0.1) is 0 Å². The Balaban J connectivity index is 2.67. The van der Waals surface area contributed by atoms with Gasteiger partial charge in [-0.3, -0.25) is 0 Å². The molecule has 0 saturated carbocycles. The molecule has 56 valence electrons. The highest BCUT2D eigenvalue weighted by molar-refractivity contribution is 7.99. The minimum atomic E-state index is 0.755. The number of thioether (sulfide) groups is 1. The fraction of sp³-hybridized carbons (Fsp3) is 0.556. The molecular weight excluding hydrogens is 140 g/mol. The van der Waals surface area contributed by atoms with Crippen LogP contribution in [0.4, 0.5) is 0 Å². The largest absolute Gasteiger partial charge is 0.158 e. The Morgan fingerprint density at radius 1 is 1.70 bits per heavy atom. The SMILES string of the molecule is C=C1C=C(C)C(SC)CC1. The lowest BCUT2D eigenvalue weighted by Crippen LogP contribution is -2.08. The molecular formula is C9H14S. The van der Waals surface area contributed by atoms with E-state index in [-0.39, 0.29) is 0 Å². The van der Waals surface area contributed by atoms with Crippen LogP contribution in [0.25, 0.3) is 0 Å². The van der Waals surface area contributed by atoms with Gasteiger partial charge in [-0.2, -0.15) is 11.8 Å². The molecule has 0 N–H and O–H groups in total. The van der Waals surface area contributed by atoms with Crippen LogP contribution in [0, 0.1) is 0 Å². The van der Waals surface area contributed by atoms with E-state index < -0.39 is 0 Å². The van der Waals surface area contributed by atoms with Gasteiger partial charge in [0, 0.05) is 5.25 Å². The van der Waals surface area contributed by atoms with Gasteiger partial charge < -0.3 is 0 Å². The zero-order chi connectivity index (χ0) is 7.56. The molecule has 0 nitrogen and oxygen atoms in total.